The molecule has 1 fully saturated rings. The summed E-state index contributed by atoms with van der Waals surface area (Å²) < 4.78 is 5.14. The number of rotatable bonds is 9. The molecule has 2 heterocycles. The van der Waals surface area contributed by atoms with E-state index in [9.17, 15) is 9.59 Å². The molecule has 1 aromatic heterocycles. The molecule has 1 aliphatic rings. The quantitative estimate of drug-likeness (QED) is 0.707. The highest BCUT2D eigenvalue weighted by Crippen LogP contribution is 2.25. The van der Waals surface area contributed by atoms with Gasteiger partial charge in [0.15, 0.2) is 0 Å². The molecule has 2 atom stereocenters. The number of aromatic nitrogens is 1. The fourth-order valence-electron chi connectivity index (χ4n) is 3.16. The predicted octanol–water partition coefficient (Wildman–Crippen LogP) is 1.11. The van der Waals surface area contributed by atoms with Crippen molar-refractivity contribution in [2.24, 2.45) is 0 Å². The summed E-state index contributed by atoms with van der Waals surface area (Å²) in [4.78, 5) is 32.2. The van der Waals surface area contributed by atoms with E-state index in [1.165, 1.54) is 6.92 Å². The summed E-state index contributed by atoms with van der Waals surface area (Å²) in [6.07, 6.45) is 4.22. The second-order valence-electron chi connectivity index (χ2n) is 6.43. The summed E-state index contributed by atoms with van der Waals surface area (Å²) in [5.74, 6) is 0.117. The SMILES string of the molecule is COCCN(Cc1nccs1)C(=O)C[C@@H]1CC[C@H](CNC(C)=O)N1C. The predicted molar refractivity (Wildman–Crippen MR) is 97.3 cm³/mol. The monoisotopic (exact) mass is 368 g/mol. The van der Waals surface area contributed by atoms with E-state index in [2.05, 4.69) is 15.2 Å². The Hall–Kier alpha value is -1.51. The van der Waals surface area contributed by atoms with Gasteiger partial charge >= 0.3 is 0 Å². The molecule has 1 N–H and O–H groups in total. The second kappa shape index (κ2) is 9.84. The van der Waals surface area contributed by atoms with Crippen LogP contribution in [0, 0.1) is 0 Å². The summed E-state index contributed by atoms with van der Waals surface area (Å²) in [6, 6.07) is 0.515. The fraction of sp³-hybridized carbons (Fsp3) is 0.706. The third-order valence-electron chi connectivity index (χ3n) is 4.71. The topological polar surface area (TPSA) is 74.8 Å². The van der Waals surface area contributed by atoms with Crippen LogP contribution in [0.3, 0.4) is 0 Å². The maximum absolute atomic E-state index is 12.8. The number of methoxy groups -OCH3 is 1. The number of carbonyl (C=O) groups is 2. The van der Waals surface area contributed by atoms with Crippen molar-refractivity contribution in [2.75, 3.05) is 33.9 Å². The molecule has 1 aromatic rings. The van der Waals surface area contributed by atoms with Gasteiger partial charge in [-0.1, -0.05) is 0 Å². The van der Waals surface area contributed by atoms with Gasteiger partial charge in [-0.25, -0.2) is 4.98 Å². The Morgan fingerprint density at radius 3 is 2.84 bits per heavy atom. The Balaban J connectivity index is 1.89. The van der Waals surface area contributed by atoms with Crippen molar-refractivity contribution in [1.29, 1.82) is 0 Å². The number of thiazole rings is 1. The molecule has 25 heavy (non-hydrogen) atoms. The van der Waals surface area contributed by atoms with Crippen molar-refractivity contribution in [1.82, 2.24) is 20.1 Å². The molecule has 0 saturated carbocycles. The molecule has 8 heteroatoms. The van der Waals surface area contributed by atoms with Crippen molar-refractivity contribution in [3.05, 3.63) is 16.6 Å². The zero-order chi connectivity index (χ0) is 18.2. The number of nitrogens with zero attached hydrogens (tertiary/aromatic N) is 3. The minimum atomic E-state index is -0.0119. The summed E-state index contributed by atoms with van der Waals surface area (Å²) in [5, 5.41) is 5.73. The molecule has 0 radical (unpaired) electrons. The number of likely N-dealkylation sites (N-methyl/N-ethyl adjacent to an activating group) is 1. The maximum Gasteiger partial charge on any atom is 0.224 e. The van der Waals surface area contributed by atoms with E-state index in [4.69, 9.17) is 4.74 Å². The molecular weight excluding hydrogens is 340 g/mol. The third-order valence-corrected chi connectivity index (χ3v) is 5.47. The van der Waals surface area contributed by atoms with E-state index < -0.39 is 0 Å². The second-order valence-corrected chi connectivity index (χ2v) is 7.40. The number of ether oxygens (including phenoxy) is 1. The van der Waals surface area contributed by atoms with Gasteiger partial charge in [-0.05, 0) is 19.9 Å². The van der Waals surface area contributed by atoms with Crippen LogP contribution in [-0.2, 0) is 20.9 Å². The fourth-order valence-corrected chi connectivity index (χ4v) is 3.79. The van der Waals surface area contributed by atoms with Crippen LogP contribution in [0.1, 0.15) is 31.2 Å². The van der Waals surface area contributed by atoms with E-state index in [-0.39, 0.29) is 17.9 Å². The minimum absolute atomic E-state index is 0.0119. The van der Waals surface area contributed by atoms with Gasteiger partial charge < -0.3 is 15.0 Å². The van der Waals surface area contributed by atoms with Gasteiger partial charge in [-0.3, -0.25) is 14.5 Å². The summed E-state index contributed by atoms with van der Waals surface area (Å²) in [5.41, 5.74) is 0. The van der Waals surface area contributed by atoms with Gasteiger partial charge in [0, 0.05) is 57.2 Å². The van der Waals surface area contributed by atoms with Crippen molar-refractivity contribution < 1.29 is 14.3 Å². The van der Waals surface area contributed by atoms with Gasteiger partial charge in [0.2, 0.25) is 11.8 Å². The van der Waals surface area contributed by atoms with Crippen LogP contribution in [-0.4, -0.2) is 72.5 Å². The zero-order valence-electron chi connectivity index (χ0n) is 15.2. The van der Waals surface area contributed by atoms with Gasteiger partial charge in [0.05, 0.1) is 13.2 Å². The largest absolute Gasteiger partial charge is 0.383 e. The molecule has 2 amide bonds. The first-order valence-electron chi connectivity index (χ1n) is 8.62. The molecule has 0 spiro atoms. The molecule has 0 bridgehead atoms. The van der Waals surface area contributed by atoms with Crippen LogP contribution in [0.25, 0.3) is 0 Å². The first-order valence-corrected chi connectivity index (χ1v) is 9.50. The number of likely N-dealkylation sites (tertiary alicyclic amines) is 1. The normalized spacial score (nSPS) is 20.6. The van der Waals surface area contributed by atoms with E-state index in [0.717, 1.165) is 17.8 Å². The lowest BCUT2D eigenvalue weighted by Gasteiger charge is -2.28. The number of hydrogen-bond acceptors (Lipinski definition) is 6. The molecular formula is C17H28N4O3S. The minimum Gasteiger partial charge on any atom is -0.383 e. The number of hydrogen-bond donors (Lipinski definition) is 1. The average molecular weight is 369 g/mol. The molecule has 0 unspecified atom stereocenters. The van der Waals surface area contributed by atoms with Gasteiger partial charge in [-0.2, -0.15) is 0 Å². The van der Waals surface area contributed by atoms with Crippen LogP contribution in [0.2, 0.25) is 0 Å². The lowest BCUT2D eigenvalue weighted by Crippen LogP contribution is -2.43. The van der Waals surface area contributed by atoms with Gasteiger partial charge in [0.1, 0.15) is 5.01 Å². The van der Waals surface area contributed by atoms with Gasteiger partial charge in [0.25, 0.3) is 0 Å². The lowest BCUT2D eigenvalue weighted by molar-refractivity contribution is -0.133. The first kappa shape index (κ1) is 19.8. The molecule has 2 rings (SSSR count). The Bertz CT molecular complexity index is 552. The van der Waals surface area contributed by atoms with E-state index >= 15 is 0 Å². The summed E-state index contributed by atoms with van der Waals surface area (Å²) in [6.45, 7) is 3.79. The molecule has 1 saturated heterocycles. The Labute approximate surface area is 153 Å². The Morgan fingerprint density at radius 2 is 2.20 bits per heavy atom. The Morgan fingerprint density at radius 1 is 1.44 bits per heavy atom. The van der Waals surface area contributed by atoms with E-state index in [1.54, 1.807) is 24.6 Å². The number of carbonyl (C=O) groups excluding carboxylic acids is 2. The Kier molecular flexibility index (Phi) is 7.80. The molecule has 1 aliphatic heterocycles. The van der Waals surface area contributed by atoms with E-state index in [1.807, 2.05) is 17.3 Å². The molecule has 7 nitrogen and oxygen atoms in total. The van der Waals surface area contributed by atoms with Crippen LogP contribution in [0.15, 0.2) is 11.6 Å². The highest BCUT2D eigenvalue weighted by molar-refractivity contribution is 7.09. The van der Waals surface area contributed by atoms with Crippen molar-refractivity contribution in [3.63, 3.8) is 0 Å². The van der Waals surface area contributed by atoms with Crippen LogP contribution in [0.4, 0.5) is 0 Å². The van der Waals surface area contributed by atoms with Crippen LogP contribution >= 0.6 is 11.3 Å². The average Bonchev–Trinajstić information content (AvgIpc) is 3.20. The lowest BCUT2D eigenvalue weighted by atomic mass is 10.1. The molecule has 0 aliphatic carbocycles. The summed E-state index contributed by atoms with van der Waals surface area (Å²) >= 11 is 1.56. The molecule has 0 aromatic carbocycles. The van der Waals surface area contributed by atoms with Crippen LogP contribution < -0.4 is 5.32 Å². The highest BCUT2D eigenvalue weighted by atomic mass is 32.1. The van der Waals surface area contributed by atoms with Crippen molar-refractivity contribution in [2.45, 2.75) is 44.8 Å². The smallest absolute Gasteiger partial charge is 0.224 e. The number of amides is 2. The standard InChI is InChI=1S/C17H28N4O3S/c1-13(22)19-11-15-5-4-14(20(15)2)10-17(23)21(7-8-24-3)12-16-18-6-9-25-16/h6,9,14-15H,4-5,7-8,10-12H2,1-3H3,(H,19,22)/t14-,15+/m0/s1. The van der Waals surface area contributed by atoms with Crippen molar-refractivity contribution >= 4 is 23.2 Å². The summed E-state index contributed by atoms with van der Waals surface area (Å²) in [7, 11) is 3.68. The first-order chi connectivity index (χ1) is 12.0. The maximum atomic E-state index is 12.8. The number of nitrogens with one attached hydrogen (secondary N) is 1. The third kappa shape index (κ3) is 6.05. The van der Waals surface area contributed by atoms with E-state index in [0.29, 0.717) is 38.7 Å². The van der Waals surface area contributed by atoms with Crippen LogP contribution in [0.5, 0.6) is 0 Å². The van der Waals surface area contributed by atoms with Crippen molar-refractivity contribution in [3.8, 4) is 0 Å². The zero-order valence-corrected chi connectivity index (χ0v) is 16.1. The highest BCUT2D eigenvalue weighted by Gasteiger charge is 2.32. The van der Waals surface area contributed by atoms with Gasteiger partial charge in [-0.15, -0.1) is 11.3 Å². The molecule has 140 valence electrons.